The van der Waals surface area contributed by atoms with Crippen LogP contribution in [0.3, 0.4) is 0 Å². The first kappa shape index (κ1) is 15.7. The Balaban J connectivity index is 1.60. The summed E-state index contributed by atoms with van der Waals surface area (Å²) >= 11 is 0. The van der Waals surface area contributed by atoms with Crippen LogP contribution in [0.25, 0.3) is 0 Å². The highest BCUT2D eigenvalue weighted by Crippen LogP contribution is 2.65. The minimum Gasteiger partial charge on any atom is -0.462 e. The minimum absolute atomic E-state index is 0.0907. The Labute approximate surface area is 141 Å². The molecule has 3 unspecified atom stereocenters. The molecule has 0 aromatic carbocycles. The van der Waals surface area contributed by atoms with E-state index in [1.165, 1.54) is 44.9 Å². The number of hydrogen-bond donors (Lipinski definition) is 0. The Morgan fingerprint density at radius 2 is 1.78 bits per heavy atom. The van der Waals surface area contributed by atoms with Crippen LogP contribution < -0.4 is 0 Å². The van der Waals surface area contributed by atoms with Crippen molar-refractivity contribution in [1.29, 1.82) is 0 Å². The van der Waals surface area contributed by atoms with Gasteiger partial charge in [0.05, 0.1) is 0 Å². The lowest BCUT2D eigenvalue weighted by atomic mass is 9.46. The lowest BCUT2D eigenvalue weighted by Gasteiger charge is -2.59. The van der Waals surface area contributed by atoms with E-state index in [-0.39, 0.29) is 17.5 Å². The highest BCUT2D eigenvalue weighted by molar-refractivity contribution is 5.66. The van der Waals surface area contributed by atoms with Crippen molar-refractivity contribution in [2.24, 2.45) is 34.5 Å². The minimum atomic E-state index is -0.0907. The van der Waals surface area contributed by atoms with Gasteiger partial charge in [0.15, 0.2) is 0 Å². The van der Waals surface area contributed by atoms with Crippen LogP contribution in [0.1, 0.15) is 72.1 Å². The van der Waals surface area contributed by atoms with Gasteiger partial charge in [-0.05, 0) is 80.5 Å². The average molecular weight is 316 g/mol. The molecule has 2 heteroatoms. The zero-order valence-corrected chi connectivity index (χ0v) is 15.0. The van der Waals surface area contributed by atoms with Crippen molar-refractivity contribution in [1.82, 2.24) is 0 Å². The quantitative estimate of drug-likeness (QED) is 0.495. The molecule has 128 valence electrons. The van der Waals surface area contributed by atoms with Crippen LogP contribution in [0.15, 0.2) is 12.2 Å². The Bertz CT molecular complexity index is 524. The summed E-state index contributed by atoms with van der Waals surface area (Å²) in [7, 11) is 0. The molecule has 23 heavy (non-hydrogen) atoms. The van der Waals surface area contributed by atoms with Crippen LogP contribution in [0.5, 0.6) is 0 Å². The fraction of sp³-hybridized carbons (Fsp3) is 0.857. The summed E-state index contributed by atoms with van der Waals surface area (Å²) in [5, 5.41) is 0. The highest BCUT2D eigenvalue weighted by atomic mass is 16.5. The van der Waals surface area contributed by atoms with Crippen LogP contribution in [0, 0.1) is 34.5 Å². The van der Waals surface area contributed by atoms with E-state index in [2.05, 4.69) is 26.0 Å². The number of rotatable bonds is 1. The van der Waals surface area contributed by atoms with E-state index >= 15 is 0 Å². The second-order valence-corrected chi connectivity index (χ2v) is 9.29. The second-order valence-electron chi connectivity index (χ2n) is 9.29. The van der Waals surface area contributed by atoms with Crippen LogP contribution in [0.2, 0.25) is 0 Å². The number of hydrogen-bond acceptors (Lipinski definition) is 2. The van der Waals surface area contributed by atoms with Gasteiger partial charge in [-0.1, -0.05) is 26.0 Å². The molecule has 0 aromatic rings. The molecule has 0 amide bonds. The van der Waals surface area contributed by atoms with Crippen molar-refractivity contribution in [3.63, 3.8) is 0 Å². The number of carbonyl (C=O) groups is 1. The molecular formula is C21H32O2. The van der Waals surface area contributed by atoms with Crippen molar-refractivity contribution in [2.75, 3.05) is 0 Å². The first-order valence-corrected chi connectivity index (χ1v) is 9.77. The van der Waals surface area contributed by atoms with Crippen LogP contribution in [-0.2, 0) is 9.53 Å². The van der Waals surface area contributed by atoms with Gasteiger partial charge in [-0.3, -0.25) is 4.79 Å². The zero-order chi connectivity index (χ0) is 16.2. The first-order valence-electron chi connectivity index (χ1n) is 9.77. The van der Waals surface area contributed by atoms with Crippen molar-refractivity contribution >= 4 is 5.97 Å². The molecule has 0 bridgehead atoms. The van der Waals surface area contributed by atoms with Gasteiger partial charge in [0.2, 0.25) is 0 Å². The van der Waals surface area contributed by atoms with Gasteiger partial charge >= 0.3 is 5.97 Å². The van der Waals surface area contributed by atoms with Gasteiger partial charge in [-0.2, -0.15) is 0 Å². The van der Waals surface area contributed by atoms with Crippen LogP contribution in [0.4, 0.5) is 0 Å². The molecule has 0 aromatic heterocycles. The van der Waals surface area contributed by atoms with Gasteiger partial charge in [0.25, 0.3) is 0 Å². The van der Waals surface area contributed by atoms with Crippen molar-refractivity contribution < 1.29 is 9.53 Å². The maximum atomic E-state index is 11.5. The van der Waals surface area contributed by atoms with Crippen molar-refractivity contribution in [2.45, 2.75) is 78.2 Å². The molecule has 3 fully saturated rings. The van der Waals surface area contributed by atoms with Gasteiger partial charge in [0, 0.05) is 12.3 Å². The molecular weight excluding hydrogens is 284 g/mol. The molecule has 3 saturated carbocycles. The molecule has 0 heterocycles. The topological polar surface area (TPSA) is 26.3 Å². The van der Waals surface area contributed by atoms with Crippen LogP contribution in [-0.4, -0.2) is 12.1 Å². The second kappa shape index (κ2) is 5.36. The number of ether oxygens (including phenoxy) is 1. The molecule has 7 atom stereocenters. The summed E-state index contributed by atoms with van der Waals surface area (Å²) in [5.41, 5.74) is 0.763. The molecule has 4 rings (SSSR count). The fourth-order valence-electron chi connectivity index (χ4n) is 7.18. The Morgan fingerprint density at radius 3 is 2.57 bits per heavy atom. The van der Waals surface area contributed by atoms with Gasteiger partial charge < -0.3 is 4.74 Å². The smallest absolute Gasteiger partial charge is 0.302 e. The highest BCUT2D eigenvalue weighted by Gasteiger charge is 2.60. The SMILES string of the molecule is CC(=O)O[C@H]1CCC2C3CC[C@H]4CC=CC[C@]4(C)C3CC[C@@]21C. The van der Waals surface area contributed by atoms with E-state index in [1.807, 2.05) is 0 Å². The van der Waals surface area contributed by atoms with E-state index in [9.17, 15) is 4.79 Å². The molecule has 0 aliphatic heterocycles. The monoisotopic (exact) mass is 316 g/mol. The third kappa shape index (κ3) is 2.23. The predicted molar refractivity (Wildman–Crippen MR) is 91.8 cm³/mol. The number of carbonyl (C=O) groups excluding carboxylic acids is 1. The Kier molecular flexibility index (Phi) is 3.66. The summed E-state index contributed by atoms with van der Waals surface area (Å²) in [6.45, 7) is 6.58. The lowest BCUT2D eigenvalue weighted by molar-refractivity contribution is -0.159. The van der Waals surface area contributed by atoms with Crippen molar-refractivity contribution in [3.8, 4) is 0 Å². The normalized spacial score (nSPS) is 51.5. The van der Waals surface area contributed by atoms with Gasteiger partial charge in [-0.15, -0.1) is 0 Å². The molecule has 0 saturated heterocycles. The largest absolute Gasteiger partial charge is 0.462 e. The maximum absolute atomic E-state index is 11.5. The predicted octanol–water partition coefficient (Wildman–Crippen LogP) is 5.13. The maximum Gasteiger partial charge on any atom is 0.302 e. The average Bonchev–Trinajstić information content (AvgIpc) is 2.83. The summed E-state index contributed by atoms with van der Waals surface area (Å²) < 4.78 is 5.75. The summed E-state index contributed by atoms with van der Waals surface area (Å²) in [6, 6.07) is 0. The fourth-order valence-corrected chi connectivity index (χ4v) is 7.18. The first-order chi connectivity index (χ1) is 10.9. The Hall–Kier alpha value is -0.790. The molecule has 2 nitrogen and oxygen atoms in total. The van der Waals surface area contributed by atoms with Gasteiger partial charge in [0.1, 0.15) is 6.10 Å². The number of fused-ring (bicyclic) bond motifs is 5. The third-order valence-corrected chi connectivity index (χ3v) is 8.43. The van der Waals surface area contributed by atoms with E-state index < -0.39 is 0 Å². The summed E-state index contributed by atoms with van der Waals surface area (Å²) in [6.07, 6.45) is 15.4. The van der Waals surface area contributed by atoms with E-state index in [0.29, 0.717) is 5.41 Å². The number of esters is 1. The molecule has 4 aliphatic rings. The van der Waals surface area contributed by atoms with E-state index in [1.54, 1.807) is 6.92 Å². The third-order valence-electron chi connectivity index (χ3n) is 8.43. The molecule has 0 radical (unpaired) electrons. The molecule has 0 N–H and O–H groups in total. The summed E-state index contributed by atoms with van der Waals surface area (Å²) in [4.78, 5) is 11.5. The van der Waals surface area contributed by atoms with Gasteiger partial charge in [-0.25, -0.2) is 0 Å². The zero-order valence-electron chi connectivity index (χ0n) is 15.0. The van der Waals surface area contributed by atoms with Crippen molar-refractivity contribution in [3.05, 3.63) is 12.2 Å². The molecule has 4 aliphatic carbocycles. The number of allylic oxidation sites excluding steroid dienone is 2. The molecule has 0 spiro atoms. The Morgan fingerprint density at radius 1 is 1.00 bits per heavy atom. The standard InChI is InChI=1S/C21H32O2/c1-14(22)23-19-10-9-17-16-8-7-15-6-4-5-12-20(15,2)18(16)11-13-21(17,19)3/h4-5,15-19H,6-13H2,1-3H3/t15-,16?,17?,18?,19+,20+,21+/m1/s1. The van der Waals surface area contributed by atoms with E-state index in [4.69, 9.17) is 4.74 Å². The summed E-state index contributed by atoms with van der Waals surface area (Å²) in [5.74, 6) is 3.34. The van der Waals surface area contributed by atoms with Crippen LogP contribution >= 0.6 is 0 Å². The van der Waals surface area contributed by atoms with E-state index in [0.717, 1.165) is 30.1 Å². The lowest BCUT2D eigenvalue weighted by Crippen LogP contribution is -2.53.